The summed E-state index contributed by atoms with van der Waals surface area (Å²) in [7, 11) is 1.68. The summed E-state index contributed by atoms with van der Waals surface area (Å²) in [6.07, 6.45) is 4.10. The topological polar surface area (TPSA) is 79.7 Å². The summed E-state index contributed by atoms with van der Waals surface area (Å²) >= 11 is 0. The maximum Gasteiger partial charge on any atom is 0.354 e. The van der Waals surface area contributed by atoms with Crippen molar-refractivity contribution in [2.24, 2.45) is 0 Å². The molecule has 1 aliphatic heterocycles. The number of amides is 1. The number of carbonyl (C=O) groups is 2. The third kappa shape index (κ3) is 3.85. The molecular weight excluding hydrogens is 332 g/mol. The second kappa shape index (κ2) is 7.99. The van der Waals surface area contributed by atoms with Crippen molar-refractivity contribution < 1.29 is 19.4 Å². The molecule has 0 bridgehead atoms. The van der Waals surface area contributed by atoms with Crippen LogP contribution in [0.5, 0.6) is 5.75 Å². The van der Waals surface area contributed by atoms with E-state index in [1.807, 2.05) is 18.2 Å². The lowest BCUT2D eigenvalue weighted by Crippen LogP contribution is -2.32. The molecule has 1 unspecified atom stereocenters. The predicted molar refractivity (Wildman–Crippen MR) is 96.7 cm³/mol. The molecule has 6 nitrogen and oxygen atoms in total. The fraction of sp³-hybridized carbons (Fsp3) is 0.350. The van der Waals surface area contributed by atoms with E-state index in [-0.39, 0.29) is 11.6 Å². The van der Waals surface area contributed by atoms with Gasteiger partial charge in [-0.2, -0.15) is 0 Å². The Kier molecular flexibility index (Phi) is 5.51. The van der Waals surface area contributed by atoms with E-state index in [0.29, 0.717) is 24.6 Å². The molecule has 0 spiro atoms. The molecule has 0 saturated carbocycles. The molecule has 6 heteroatoms. The maximum absolute atomic E-state index is 12.8. The number of carbonyl (C=O) groups excluding carboxylic acids is 1. The number of hydrogen-bond donors (Lipinski definition) is 1. The molecule has 1 amide bonds. The van der Waals surface area contributed by atoms with E-state index in [1.54, 1.807) is 18.1 Å². The van der Waals surface area contributed by atoms with Gasteiger partial charge in [-0.25, -0.2) is 9.78 Å². The minimum absolute atomic E-state index is 0.113. The Morgan fingerprint density at radius 2 is 2.00 bits per heavy atom. The van der Waals surface area contributed by atoms with Gasteiger partial charge >= 0.3 is 5.97 Å². The molecule has 26 heavy (non-hydrogen) atoms. The van der Waals surface area contributed by atoms with Crippen LogP contribution in [-0.2, 0) is 0 Å². The number of para-hydroxylation sites is 1. The van der Waals surface area contributed by atoms with Gasteiger partial charge in [-0.15, -0.1) is 0 Å². The molecule has 1 atom stereocenters. The first-order valence-electron chi connectivity index (χ1n) is 8.71. The van der Waals surface area contributed by atoms with E-state index < -0.39 is 5.97 Å². The number of benzene rings is 1. The molecule has 1 aromatic heterocycles. The highest BCUT2D eigenvalue weighted by atomic mass is 16.5. The minimum Gasteiger partial charge on any atom is -0.496 e. The quantitative estimate of drug-likeness (QED) is 0.912. The number of hydrogen-bond acceptors (Lipinski definition) is 4. The largest absolute Gasteiger partial charge is 0.496 e. The van der Waals surface area contributed by atoms with Crippen LogP contribution in [0, 0.1) is 0 Å². The summed E-state index contributed by atoms with van der Waals surface area (Å²) < 4.78 is 5.48. The number of nitrogens with zero attached hydrogens (tertiary/aromatic N) is 2. The Labute approximate surface area is 152 Å². The third-order valence-electron chi connectivity index (χ3n) is 4.82. The average molecular weight is 354 g/mol. The van der Waals surface area contributed by atoms with E-state index in [1.165, 1.54) is 17.8 Å². The fourth-order valence-corrected chi connectivity index (χ4v) is 3.48. The number of methoxy groups -OCH3 is 1. The van der Waals surface area contributed by atoms with Crippen molar-refractivity contribution in [1.82, 2.24) is 9.88 Å². The third-order valence-corrected chi connectivity index (χ3v) is 4.82. The second-order valence-electron chi connectivity index (χ2n) is 6.40. The molecule has 1 N–H and O–H groups in total. The van der Waals surface area contributed by atoms with Gasteiger partial charge in [0, 0.05) is 24.8 Å². The van der Waals surface area contributed by atoms with Crippen molar-refractivity contribution >= 4 is 11.9 Å². The van der Waals surface area contributed by atoms with Crippen molar-refractivity contribution in [3.63, 3.8) is 0 Å². The molecule has 136 valence electrons. The van der Waals surface area contributed by atoms with Crippen molar-refractivity contribution in [1.29, 1.82) is 0 Å². The highest BCUT2D eigenvalue weighted by Crippen LogP contribution is 2.34. The Morgan fingerprint density at radius 1 is 1.19 bits per heavy atom. The highest BCUT2D eigenvalue weighted by Gasteiger charge is 2.24. The maximum atomic E-state index is 12.8. The molecule has 0 aliphatic carbocycles. The lowest BCUT2D eigenvalue weighted by atomic mass is 9.91. The van der Waals surface area contributed by atoms with Crippen LogP contribution in [0.15, 0.2) is 42.6 Å². The molecule has 3 rings (SSSR count). The zero-order valence-corrected chi connectivity index (χ0v) is 14.7. The molecule has 1 fully saturated rings. The zero-order valence-electron chi connectivity index (χ0n) is 14.7. The first kappa shape index (κ1) is 17.9. The van der Waals surface area contributed by atoms with Crippen molar-refractivity contribution in [3.05, 3.63) is 59.4 Å². The molecule has 2 aromatic rings. The molecule has 1 saturated heterocycles. The number of aromatic carboxylic acids is 1. The summed E-state index contributed by atoms with van der Waals surface area (Å²) in [6, 6.07) is 10.9. The minimum atomic E-state index is -1.13. The fourth-order valence-electron chi connectivity index (χ4n) is 3.48. The van der Waals surface area contributed by atoms with Gasteiger partial charge in [-0.1, -0.05) is 18.2 Å². The molecule has 0 radical (unpaired) electrons. The summed E-state index contributed by atoms with van der Waals surface area (Å²) in [5, 5.41) is 9.06. The van der Waals surface area contributed by atoms with Crippen LogP contribution < -0.4 is 4.74 Å². The number of aromatic nitrogens is 1. The van der Waals surface area contributed by atoms with Crippen LogP contribution >= 0.6 is 0 Å². The Hall–Kier alpha value is -2.89. The smallest absolute Gasteiger partial charge is 0.354 e. The van der Waals surface area contributed by atoms with E-state index in [2.05, 4.69) is 11.1 Å². The lowest BCUT2D eigenvalue weighted by Gasteiger charge is -2.21. The number of carboxylic acids is 1. The van der Waals surface area contributed by atoms with Gasteiger partial charge in [-0.05, 0) is 48.9 Å². The first-order chi connectivity index (χ1) is 12.6. The number of likely N-dealkylation sites (tertiary alicyclic amines) is 1. The van der Waals surface area contributed by atoms with Gasteiger partial charge < -0.3 is 14.7 Å². The van der Waals surface area contributed by atoms with Crippen LogP contribution in [0.3, 0.4) is 0 Å². The summed E-state index contributed by atoms with van der Waals surface area (Å²) in [4.78, 5) is 29.4. The van der Waals surface area contributed by atoms with E-state index in [0.717, 1.165) is 25.0 Å². The molecular formula is C20H22N2O4. The summed E-state index contributed by atoms with van der Waals surface area (Å²) in [5.41, 5.74) is 1.44. The van der Waals surface area contributed by atoms with Crippen molar-refractivity contribution in [3.8, 4) is 5.75 Å². The molecule has 2 heterocycles. The van der Waals surface area contributed by atoms with E-state index >= 15 is 0 Å². The molecule has 1 aromatic carbocycles. The Balaban J connectivity index is 1.73. The number of carboxylic acid groups (broad SMARTS) is 1. The van der Waals surface area contributed by atoms with Crippen LogP contribution in [0.25, 0.3) is 0 Å². The van der Waals surface area contributed by atoms with Crippen LogP contribution in [0.4, 0.5) is 0 Å². The number of pyridine rings is 1. The van der Waals surface area contributed by atoms with Gasteiger partial charge in [0.25, 0.3) is 5.91 Å². The average Bonchev–Trinajstić information content (AvgIpc) is 2.93. The van der Waals surface area contributed by atoms with Crippen molar-refractivity contribution in [2.75, 3.05) is 20.2 Å². The van der Waals surface area contributed by atoms with Crippen LogP contribution in [0.2, 0.25) is 0 Å². The predicted octanol–water partition coefficient (Wildman–Crippen LogP) is 3.20. The van der Waals surface area contributed by atoms with Crippen LogP contribution in [0.1, 0.15) is 51.6 Å². The zero-order chi connectivity index (χ0) is 18.5. The van der Waals surface area contributed by atoms with E-state index in [9.17, 15) is 9.59 Å². The number of rotatable bonds is 4. The second-order valence-corrected chi connectivity index (χ2v) is 6.40. The van der Waals surface area contributed by atoms with Gasteiger partial charge in [0.15, 0.2) is 0 Å². The summed E-state index contributed by atoms with van der Waals surface area (Å²) in [5.74, 6) is -0.0455. The Morgan fingerprint density at radius 3 is 2.77 bits per heavy atom. The normalized spacial score (nSPS) is 17.4. The first-order valence-corrected chi connectivity index (χ1v) is 8.71. The van der Waals surface area contributed by atoms with E-state index in [4.69, 9.17) is 9.84 Å². The highest BCUT2D eigenvalue weighted by molar-refractivity contribution is 5.96. The Bertz CT molecular complexity index is 806. The standard InChI is InChI=1S/C20H22N2O4/c1-26-18-7-3-2-6-16(18)14-5-4-11-22(12-9-14)19(23)15-8-10-21-17(13-15)20(24)25/h2-3,6-8,10,13-14H,4-5,9,11-12H2,1H3,(H,24,25). The molecule has 1 aliphatic rings. The van der Waals surface area contributed by atoms with Gasteiger partial charge in [-0.3, -0.25) is 4.79 Å². The van der Waals surface area contributed by atoms with Crippen LogP contribution in [-0.4, -0.2) is 47.1 Å². The van der Waals surface area contributed by atoms with Gasteiger partial charge in [0.1, 0.15) is 11.4 Å². The van der Waals surface area contributed by atoms with Crippen molar-refractivity contribution in [2.45, 2.75) is 25.2 Å². The van der Waals surface area contributed by atoms with Gasteiger partial charge in [0.05, 0.1) is 7.11 Å². The van der Waals surface area contributed by atoms with Gasteiger partial charge in [0.2, 0.25) is 0 Å². The summed E-state index contributed by atoms with van der Waals surface area (Å²) in [6.45, 7) is 1.29. The monoisotopic (exact) mass is 354 g/mol. The number of ether oxygens (including phenoxy) is 1. The lowest BCUT2D eigenvalue weighted by molar-refractivity contribution is 0.0690. The SMILES string of the molecule is COc1ccccc1C1CCCN(C(=O)c2ccnc(C(=O)O)c2)CC1.